The summed E-state index contributed by atoms with van der Waals surface area (Å²) in [6.45, 7) is 4.08. The van der Waals surface area contributed by atoms with Gasteiger partial charge >= 0.3 is 11.9 Å². The maximum absolute atomic E-state index is 11.9. The minimum atomic E-state index is -1.00. The summed E-state index contributed by atoms with van der Waals surface area (Å²) in [6, 6.07) is 0. The highest BCUT2D eigenvalue weighted by atomic mass is 16.6. The first-order valence-corrected chi connectivity index (χ1v) is 19.0. The van der Waals surface area contributed by atoms with Crippen molar-refractivity contribution in [3.8, 4) is 0 Å². The molecule has 0 radical (unpaired) electrons. The summed E-state index contributed by atoms with van der Waals surface area (Å²) in [4.78, 5) is 23.9. The quantitative estimate of drug-likeness (QED) is 0.0360. The van der Waals surface area contributed by atoms with Gasteiger partial charge in [0.05, 0.1) is 12.2 Å². The second-order valence-corrected chi connectivity index (χ2v) is 13.1. The molecular formula is C39H72O7. The lowest BCUT2D eigenvalue weighted by Gasteiger charge is -2.12. The van der Waals surface area contributed by atoms with Crippen LogP contribution >= 0.6 is 0 Å². The van der Waals surface area contributed by atoms with Crippen molar-refractivity contribution in [3.05, 3.63) is 24.3 Å². The summed E-state index contributed by atoms with van der Waals surface area (Å²) < 4.78 is 10.3. The van der Waals surface area contributed by atoms with Crippen molar-refractivity contribution in [3.63, 3.8) is 0 Å². The highest BCUT2D eigenvalue weighted by Crippen LogP contribution is 2.13. The van der Waals surface area contributed by atoms with Crippen molar-refractivity contribution in [2.45, 2.75) is 199 Å². The third kappa shape index (κ3) is 33.7. The zero-order valence-corrected chi connectivity index (χ0v) is 29.8. The van der Waals surface area contributed by atoms with E-state index in [2.05, 4.69) is 38.2 Å². The van der Waals surface area contributed by atoms with Crippen LogP contribution in [0.15, 0.2) is 24.3 Å². The number of allylic oxidation sites excluding steroid dienone is 2. The van der Waals surface area contributed by atoms with Crippen LogP contribution < -0.4 is 0 Å². The van der Waals surface area contributed by atoms with E-state index in [0.717, 1.165) is 116 Å². The number of hydrogen-bond acceptors (Lipinski definition) is 7. The molecule has 0 aliphatic heterocycles. The van der Waals surface area contributed by atoms with Crippen molar-refractivity contribution in [2.75, 3.05) is 13.2 Å². The van der Waals surface area contributed by atoms with Crippen LogP contribution in [0.3, 0.4) is 0 Å². The smallest absolute Gasteiger partial charge is 0.305 e. The fourth-order valence-corrected chi connectivity index (χ4v) is 5.29. The van der Waals surface area contributed by atoms with E-state index >= 15 is 0 Å². The second kappa shape index (κ2) is 34.6. The van der Waals surface area contributed by atoms with Crippen molar-refractivity contribution < 1.29 is 34.4 Å². The molecule has 0 saturated carbocycles. The maximum Gasteiger partial charge on any atom is 0.305 e. The number of unbranched alkanes of at least 4 members (excludes halogenated alkanes) is 16. The second-order valence-electron chi connectivity index (χ2n) is 13.1. The summed E-state index contributed by atoms with van der Waals surface area (Å²) in [6.07, 6.45) is 32.8. The van der Waals surface area contributed by atoms with E-state index in [1.165, 1.54) is 38.5 Å². The number of aliphatic hydroxyl groups is 3. The Balaban J connectivity index is 3.54. The molecule has 0 rings (SSSR count). The third-order valence-electron chi connectivity index (χ3n) is 8.31. The van der Waals surface area contributed by atoms with E-state index in [1.54, 1.807) is 0 Å². The maximum atomic E-state index is 11.9. The lowest BCUT2D eigenvalue weighted by molar-refractivity contribution is -0.152. The minimum absolute atomic E-state index is 0.155. The van der Waals surface area contributed by atoms with Gasteiger partial charge in [0.15, 0.2) is 0 Å². The van der Waals surface area contributed by atoms with Crippen LogP contribution in [0.25, 0.3) is 0 Å². The van der Waals surface area contributed by atoms with Gasteiger partial charge in [0.1, 0.15) is 19.3 Å². The largest absolute Gasteiger partial charge is 0.463 e. The Labute approximate surface area is 282 Å². The Hall–Kier alpha value is -1.70. The van der Waals surface area contributed by atoms with Gasteiger partial charge in [0.2, 0.25) is 0 Å². The molecule has 2 atom stereocenters. The Morgan fingerprint density at radius 3 is 1.26 bits per heavy atom. The number of hydrogen-bond donors (Lipinski definition) is 3. The molecule has 7 heteroatoms. The number of aliphatic hydroxyl groups excluding tert-OH is 3. The van der Waals surface area contributed by atoms with Gasteiger partial charge in [-0.3, -0.25) is 9.59 Å². The predicted octanol–water partition coefficient (Wildman–Crippen LogP) is 9.45. The highest BCUT2D eigenvalue weighted by Gasteiger charge is 2.12. The van der Waals surface area contributed by atoms with Crippen LogP contribution in [-0.2, 0) is 19.1 Å². The molecule has 0 bridgehead atoms. The molecule has 0 spiro atoms. The average molecular weight is 653 g/mol. The average Bonchev–Trinajstić information content (AvgIpc) is 3.04. The fourth-order valence-electron chi connectivity index (χ4n) is 5.29. The molecule has 0 heterocycles. The first-order chi connectivity index (χ1) is 22.4. The first kappa shape index (κ1) is 44.3. The molecule has 0 aromatic heterocycles. The molecule has 0 fully saturated rings. The Morgan fingerprint density at radius 1 is 0.478 bits per heavy atom. The zero-order valence-electron chi connectivity index (χ0n) is 29.8. The van der Waals surface area contributed by atoms with Crippen LogP contribution in [-0.4, -0.2) is 58.8 Å². The number of carbonyl (C=O) groups is 2. The first-order valence-electron chi connectivity index (χ1n) is 19.0. The van der Waals surface area contributed by atoms with Gasteiger partial charge in [-0.05, 0) is 64.2 Å². The van der Waals surface area contributed by atoms with Crippen LogP contribution in [0.2, 0.25) is 0 Å². The van der Waals surface area contributed by atoms with Gasteiger partial charge in [-0.2, -0.15) is 0 Å². The molecule has 0 aromatic rings. The number of esters is 2. The van der Waals surface area contributed by atoms with Crippen LogP contribution in [0.5, 0.6) is 0 Å². The van der Waals surface area contributed by atoms with Crippen molar-refractivity contribution in [1.29, 1.82) is 0 Å². The van der Waals surface area contributed by atoms with Crippen LogP contribution in [0.4, 0.5) is 0 Å². The Kier molecular flexibility index (Phi) is 33.3. The van der Waals surface area contributed by atoms with Gasteiger partial charge < -0.3 is 24.8 Å². The van der Waals surface area contributed by atoms with Gasteiger partial charge in [-0.1, -0.05) is 128 Å². The molecule has 2 unspecified atom stereocenters. The molecule has 270 valence electrons. The fraction of sp³-hybridized carbons (Fsp3) is 0.846. The van der Waals surface area contributed by atoms with Crippen molar-refractivity contribution in [1.82, 2.24) is 0 Å². The molecule has 46 heavy (non-hydrogen) atoms. The molecule has 0 aliphatic carbocycles. The van der Waals surface area contributed by atoms with Gasteiger partial charge in [-0.25, -0.2) is 0 Å². The molecular weight excluding hydrogens is 580 g/mol. The van der Waals surface area contributed by atoms with E-state index in [9.17, 15) is 24.9 Å². The lowest BCUT2D eigenvalue weighted by Crippen LogP contribution is -2.25. The Bertz CT molecular complexity index is 676. The standard InChI is InChI=1S/C39H72O7/c1-3-5-7-21-27-35(40)29-23-17-13-9-11-15-19-25-31-38(43)45-33-37(42)34-46-39(44)32-26-20-16-12-10-14-18-24-30-36(41)28-22-8-6-4-2/h17-18,23-24,35-37,40-42H,3-16,19-22,25-34H2,1-2H3. The molecule has 7 nitrogen and oxygen atoms in total. The summed E-state index contributed by atoms with van der Waals surface area (Å²) in [5.41, 5.74) is 0. The molecule has 0 aromatic carbocycles. The normalized spacial score (nSPS) is 13.8. The summed E-state index contributed by atoms with van der Waals surface area (Å²) >= 11 is 0. The molecule has 0 aliphatic rings. The zero-order chi connectivity index (χ0) is 33.9. The lowest BCUT2D eigenvalue weighted by atomic mass is 10.1. The highest BCUT2D eigenvalue weighted by molar-refractivity contribution is 5.69. The summed E-state index contributed by atoms with van der Waals surface area (Å²) in [5, 5.41) is 30.0. The van der Waals surface area contributed by atoms with Gasteiger partial charge in [0, 0.05) is 12.8 Å². The molecule has 0 amide bonds. The van der Waals surface area contributed by atoms with E-state index in [1.807, 2.05) is 0 Å². The van der Waals surface area contributed by atoms with Crippen LogP contribution in [0.1, 0.15) is 181 Å². The summed E-state index contributed by atoms with van der Waals surface area (Å²) in [5.74, 6) is -0.653. The topological polar surface area (TPSA) is 113 Å². The monoisotopic (exact) mass is 653 g/mol. The Morgan fingerprint density at radius 2 is 0.848 bits per heavy atom. The predicted molar refractivity (Wildman–Crippen MR) is 190 cm³/mol. The SMILES string of the molecule is CCCCCCC(O)CC=CCCCCCCCC(=O)OCC(O)COC(=O)CCCCCCCC=CCC(O)CCCCCC. The molecule has 0 saturated heterocycles. The molecule has 3 N–H and O–H groups in total. The van der Waals surface area contributed by atoms with Gasteiger partial charge in [0.25, 0.3) is 0 Å². The summed E-state index contributed by atoms with van der Waals surface area (Å²) in [7, 11) is 0. The van der Waals surface area contributed by atoms with E-state index in [4.69, 9.17) is 9.47 Å². The van der Waals surface area contributed by atoms with Gasteiger partial charge in [-0.15, -0.1) is 0 Å². The van der Waals surface area contributed by atoms with E-state index < -0.39 is 6.10 Å². The van der Waals surface area contributed by atoms with E-state index in [-0.39, 0.29) is 37.4 Å². The van der Waals surface area contributed by atoms with Crippen molar-refractivity contribution >= 4 is 11.9 Å². The van der Waals surface area contributed by atoms with Crippen LogP contribution in [0, 0.1) is 0 Å². The number of ether oxygens (including phenoxy) is 2. The number of rotatable bonds is 34. The minimum Gasteiger partial charge on any atom is -0.463 e. The number of carbonyl (C=O) groups excluding carboxylic acids is 2. The van der Waals surface area contributed by atoms with E-state index in [0.29, 0.717) is 12.8 Å². The third-order valence-corrected chi connectivity index (χ3v) is 8.31. The van der Waals surface area contributed by atoms with Crippen molar-refractivity contribution in [2.24, 2.45) is 0 Å².